The standard InChI is InChI=1S/C30H29NO11/c1-14-9-16(3)26-17(10-14)15(2)11-19(31-26)24-20(42-21(28(34)39-6)13-22(32)37-4)12-18(27(33)38-5)23(29(35)40-7)25(24)30(36)41-8/h9-13H,1-8H3/b21-13-. The molecule has 0 aliphatic rings. The highest BCUT2D eigenvalue weighted by Gasteiger charge is 2.34. The number of fused-ring (bicyclic) bond motifs is 1. The van der Waals surface area contributed by atoms with Crippen molar-refractivity contribution in [3.05, 3.63) is 69.5 Å². The number of carbonyl (C=O) groups is 5. The summed E-state index contributed by atoms with van der Waals surface area (Å²) in [4.78, 5) is 68.8. The Hall–Kier alpha value is -5.26. The van der Waals surface area contributed by atoms with Crippen molar-refractivity contribution in [1.82, 2.24) is 4.98 Å². The Morgan fingerprint density at radius 2 is 1.31 bits per heavy atom. The summed E-state index contributed by atoms with van der Waals surface area (Å²) in [7, 11) is 5.33. The summed E-state index contributed by atoms with van der Waals surface area (Å²) in [5.41, 5.74) is 1.72. The Morgan fingerprint density at radius 3 is 1.88 bits per heavy atom. The average molecular weight is 580 g/mol. The molecule has 0 unspecified atom stereocenters. The molecule has 0 radical (unpaired) electrons. The van der Waals surface area contributed by atoms with Crippen molar-refractivity contribution < 1.29 is 52.4 Å². The first-order valence-corrected chi connectivity index (χ1v) is 12.3. The first-order valence-electron chi connectivity index (χ1n) is 12.3. The molecule has 0 aliphatic heterocycles. The minimum atomic E-state index is -1.09. The maximum atomic E-state index is 13.4. The molecule has 0 N–H and O–H groups in total. The van der Waals surface area contributed by atoms with Gasteiger partial charge < -0.3 is 28.4 Å². The van der Waals surface area contributed by atoms with Crippen molar-refractivity contribution in [3.63, 3.8) is 0 Å². The number of methoxy groups -OCH3 is 5. The SMILES string of the molecule is COC(=O)/C=C(\Oc1cc(C(=O)OC)c(C(=O)OC)c(C(=O)OC)c1-c1cc(C)c2cc(C)cc(C)c2n1)C(=O)OC. The van der Waals surface area contributed by atoms with Crippen LogP contribution in [0.25, 0.3) is 22.2 Å². The highest BCUT2D eigenvalue weighted by atomic mass is 16.6. The summed E-state index contributed by atoms with van der Waals surface area (Å²) in [6, 6.07) is 6.57. The molecule has 3 rings (SSSR count). The van der Waals surface area contributed by atoms with Crippen LogP contribution < -0.4 is 4.74 Å². The van der Waals surface area contributed by atoms with Gasteiger partial charge in [0.2, 0.25) is 5.76 Å². The number of aromatic nitrogens is 1. The molecular formula is C30H29NO11. The van der Waals surface area contributed by atoms with E-state index in [1.807, 2.05) is 32.9 Å². The monoisotopic (exact) mass is 579 g/mol. The fraction of sp³-hybridized carbons (Fsp3) is 0.267. The molecule has 42 heavy (non-hydrogen) atoms. The lowest BCUT2D eigenvalue weighted by Gasteiger charge is -2.20. The molecule has 3 aromatic rings. The van der Waals surface area contributed by atoms with Gasteiger partial charge in [0, 0.05) is 5.39 Å². The van der Waals surface area contributed by atoms with Gasteiger partial charge in [-0.2, -0.15) is 0 Å². The number of hydrogen-bond donors (Lipinski definition) is 0. The van der Waals surface area contributed by atoms with E-state index in [-0.39, 0.29) is 17.0 Å². The molecule has 0 bridgehead atoms. The van der Waals surface area contributed by atoms with Gasteiger partial charge in [0.05, 0.1) is 75.1 Å². The van der Waals surface area contributed by atoms with Crippen molar-refractivity contribution in [1.29, 1.82) is 0 Å². The van der Waals surface area contributed by atoms with Gasteiger partial charge in [-0.15, -0.1) is 0 Å². The fourth-order valence-electron chi connectivity index (χ4n) is 4.37. The lowest BCUT2D eigenvalue weighted by Crippen LogP contribution is -2.21. The number of ether oxygens (including phenoxy) is 6. The number of hydrogen-bond acceptors (Lipinski definition) is 12. The molecule has 0 amide bonds. The topological polar surface area (TPSA) is 154 Å². The Balaban J connectivity index is 2.61. The van der Waals surface area contributed by atoms with Gasteiger partial charge in [-0.3, -0.25) is 0 Å². The zero-order chi connectivity index (χ0) is 31.3. The second-order valence-corrected chi connectivity index (χ2v) is 8.95. The van der Waals surface area contributed by atoms with Crippen LogP contribution in [0.15, 0.2) is 36.1 Å². The quantitative estimate of drug-likeness (QED) is 0.165. The van der Waals surface area contributed by atoms with Crippen LogP contribution in [0.4, 0.5) is 0 Å². The molecule has 0 spiro atoms. The highest BCUT2D eigenvalue weighted by molar-refractivity contribution is 6.15. The molecule has 0 saturated carbocycles. The molecule has 12 nitrogen and oxygen atoms in total. The predicted octanol–water partition coefficient (Wildman–Crippen LogP) is 3.80. The van der Waals surface area contributed by atoms with Crippen molar-refractivity contribution >= 4 is 40.7 Å². The maximum Gasteiger partial charge on any atom is 0.374 e. The van der Waals surface area contributed by atoms with Crippen LogP contribution in [0.1, 0.15) is 47.8 Å². The molecular weight excluding hydrogens is 550 g/mol. The highest BCUT2D eigenvalue weighted by Crippen LogP contribution is 2.40. The third kappa shape index (κ3) is 6.07. The van der Waals surface area contributed by atoms with Gasteiger partial charge in [-0.1, -0.05) is 11.6 Å². The molecule has 0 atom stereocenters. The number of pyridine rings is 1. The van der Waals surface area contributed by atoms with Crippen LogP contribution >= 0.6 is 0 Å². The number of esters is 5. The summed E-state index contributed by atoms with van der Waals surface area (Å²) in [6.07, 6.45) is 0.714. The Morgan fingerprint density at radius 1 is 0.690 bits per heavy atom. The van der Waals surface area contributed by atoms with Crippen LogP contribution in [-0.4, -0.2) is 70.4 Å². The number of carbonyl (C=O) groups excluding carboxylic acids is 5. The normalized spacial score (nSPS) is 11.0. The first-order chi connectivity index (χ1) is 19.9. The van der Waals surface area contributed by atoms with Crippen LogP contribution in [0.3, 0.4) is 0 Å². The van der Waals surface area contributed by atoms with Gasteiger partial charge >= 0.3 is 29.8 Å². The van der Waals surface area contributed by atoms with Crippen LogP contribution in [-0.2, 0) is 33.3 Å². The molecule has 0 fully saturated rings. The van der Waals surface area contributed by atoms with Crippen LogP contribution in [0, 0.1) is 20.8 Å². The Bertz CT molecular complexity index is 1650. The van der Waals surface area contributed by atoms with E-state index < -0.39 is 52.3 Å². The number of aryl methyl sites for hydroxylation is 3. The second kappa shape index (κ2) is 12.9. The van der Waals surface area contributed by atoms with Gasteiger partial charge in [0.1, 0.15) is 5.75 Å². The summed E-state index contributed by atoms with van der Waals surface area (Å²) in [5.74, 6) is -6.20. The average Bonchev–Trinajstić information content (AvgIpc) is 2.98. The van der Waals surface area contributed by atoms with Crippen molar-refractivity contribution in [2.75, 3.05) is 35.5 Å². The third-order valence-electron chi connectivity index (χ3n) is 6.24. The zero-order valence-corrected chi connectivity index (χ0v) is 24.3. The fourth-order valence-corrected chi connectivity index (χ4v) is 4.37. The number of nitrogens with zero attached hydrogens (tertiary/aromatic N) is 1. The molecule has 220 valence electrons. The smallest absolute Gasteiger partial charge is 0.374 e. The van der Waals surface area contributed by atoms with Gasteiger partial charge in [-0.25, -0.2) is 29.0 Å². The molecule has 12 heteroatoms. The lowest BCUT2D eigenvalue weighted by atomic mass is 9.91. The van der Waals surface area contributed by atoms with E-state index in [1.54, 1.807) is 6.07 Å². The molecule has 0 aliphatic carbocycles. The molecule has 2 aromatic carbocycles. The molecule has 1 aromatic heterocycles. The van der Waals surface area contributed by atoms with Crippen LogP contribution in [0.5, 0.6) is 5.75 Å². The van der Waals surface area contributed by atoms with E-state index >= 15 is 0 Å². The first kappa shape index (κ1) is 31.3. The molecule has 0 saturated heterocycles. The zero-order valence-electron chi connectivity index (χ0n) is 24.3. The second-order valence-electron chi connectivity index (χ2n) is 8.95. The summed E-state index contributed by atoms with van der Waals surface area (Å²) >= 11 is 0. The van der Waals surface area contributed by atoms with Gasteiger partial charge in [-0.05, 0) is 50.1 Å². The van der Waals surface area contributed by atoms with Crippen molar-refractivity contribution in [2.45, 2.75) is 20.8 Å². The van der Waals surface area contributed by atoms with E-state index in [1.165, 1.54) is 0 Å². The van der Waals surface area contributed by atoms with Crippen LogP contribution in [0.2, 0.25) is 0 Å². The third-order valence-corrected chi connectivity index (χ3v) is 6.24. The van der Waals surface area contributed by atoms with E-state index in [4.69, 9.17) is 28.7 Å². The summed E-state index contributed by atoms with van der Waals surface area (Å²) in [5, 5.41) is 0.832. The van der Waals surface area contributed by atoms with E-state index in [0.717, 1.165) is 63.7 Å². The summed E-state index contributed by atoms with van der Waals surface area (Å²) in [6.45, 7) is 5.63. The van der Waals surface area contributed by atoms with Gasteiger partial charge in [0.25, 0.3) is 0 Å². The minimum Gasteiger partial charge on any atom is -0.466 e. The van der Waals surface area contributed by atoms with Gasteiger partial charge in [0.15, 0.2) is 0 Å². The number of rotatable bonds is 8. The van der Waals surface area contributed by atoms with E-state index in [2.05, 4.69) is 4.74 Å². The summed E-state index contributed by atoms with van der Waals surface area (Å²) < 4.78 is 30.0. The van der Waals surface area contributed by atoms with E-state index in [9.17, 15) is 24.0 Å². The minimum absolute atomic E-state index is 0.117. The Labute approximate surface area is 241 Å². The maximum absolute atomic E-state index is 13.4. The van der Waals surface area contributed by atoms with Crippen molar-refractivity contribution in [2.24, 2.45) is 0 Å². The lowest BCUT2D eigenvalue weighted by molar-refractivity contribution is -0.140. The molecule has 1 heterocycles. The Kier molecular flexibility index (Phi) is 9.63. The van der Waals surface area contributed by atoms with E-state index in [0.29, 0.717) is 11.6 Å². The predicted molar refractivity (Wildman–Crippen MR) is 148 cm³/mol. The number of benzene rings is 2. The largest absolute Gasteiger partial charge is 0.466 e. The van der Waals surface area contributed by atoms with Crippen molar-refractivity contribution in [3.8, 4) is 17.0 Å².